The number of carbonyl (C=O) groups excluding carboxylic acids is 1. The predicted molar refractivity (Wildman–Crippen MR) is 111 cm³/mol. The molecule has 0 saturated carbocycles. The summed E-state index contributed by atoms with van der Waals surface area (Å²) in [6.07, 6.45) is 4.61. The first-order chi connectivity index (χ1) is 13.3. The van der Waals surface area contributed by atoms with Crippen LogP contribution in [-0.2, 0) is 18.3 Å². The molecular formula is C24H29NO3. The lowest BCUT2D eigenvalue weighted by Gasteiger charge is -2.25. The first-order valence-electron chi connectivity index (χ1n) is 10.2. The van der Waals surface area contributed by atoms with Crippen LogP contribution < -0.4 is 9.64 Å². The number of aliphatic hydroxyl groups excluding tert-OH is 1. The van der Waals surface area contributed by atoms with Gasteiger partial charge in [-0.25, -0.2) is 0 Å². The van der Waals surface area contributed by atoms with Crippen LogP contribution in [0.4, 0.5) is 5.69 Å². The molecule has 1 aliphatic carbocycles. The van der Waals surface area contributed by atoms with Crippen LogP contribution in [0.2, 0.25) is 0 Å². The van der Waals surface area contributed by atoms with E-state index in [1.54, 1.807) is 7.11 Å². The molecule has 2 aromatic rings. The summed E-state index contributed by atoms with van der Waals surface area (Å²) in [5.41, 5.74) is 5.52. The zero-order valence-electron chi connectivity index (χ0n) is 17.2. The summed E-state index contributed by atoms with van der Waals surface area (Å²) in [6.45, 7) is 6.39. The highest BCUT2D eigenvalue weighted by Crippen LogP contribution is 2.43. The molecule has 1 amide bonds. The summed E-state index contributed by atoms with van der Waals surface area (Å²) in [6, 6.07) is 9.91. The zero-order chi connectivity index (χ0) is 20.1. The second-order valence-electron chi connectivity index (χ2n) is 8.95. The number of aryl methyl sites for hydroxylation is 2. The van der Waals surface area contributed by atoms with Crippen molar-refractivity contribution in [3.63, 3.8) is 0 Å². The van der Waals surface area contributed by atoms with Crippen LogP contribution in [0, 0.1) is 0 Å². The van der Waals surface area contributed by atoms with E-state index in [0.29, 0.717) is 22.6 Å². The highest BCUT2D eigenvalue weighted by molar-refractivity contribution is 6.11. The lowest BCUT2D eigenvalue weighted by molar-refractivity contribution is 0.0934. The summed E-state index contributed by atoms with van der Waals surface area (Å²) in [5, 5.41) is 11.1. The molecule has 28 heavy (non-hydrogen) atoms. The summed E-state index contributed by atoms with van der Waals surface area (Å²) >= 11 is 0. The number of methoxy groups -OCH3 is 1. The molecule has 1 heterocycles. The number of carbonyl (C=O) groups is 1. The number of hydrogen-bond acceptors (Lipinski definition) is 3. The average Bonchev–Trinajstić information content (AvgIpc) is 2.80. The van der Waals surface area contributed by atoms with Gasteiger partial charge in [-0.2, -0.15) is 0 Å². The maximum atomic E-state index is 13.2. The van der Waals surface area contributed by atoms with Crippen LogP contribution in [0.1, 0.15) is 78.9 Å². The van der Waals surface area contributed by atoms with Gasteiger partial charge in [-0.1, -0.05) is 33.3 Å². The van der Waals surface area contributed by atoms with Crippen LogP contribution in [0.3, 0.4) is 0 Å². The number of benzene rings is 2. The van der Waals surface area contributed by atoms with E-state index in [2.05, 4.69) is 32.9 Å². The van der Waals surface area contributed by atoms with Gasteiger partial charge in [0.25, 0.3) is 5.91 Å². The molecule has 0 bridgehead atoms. The zero-order valence-corrected chi connectivity index (χ0v) is 17.2. The fourth-order valence-corrected chi connectivity index (χ4v) is 4.34. The SMILES string of the molecule is COc1cc2c(cc1N1C(=O)c3ccc(C(C)(C)C)cc3C1O)CCCCC2. The highest BCUT2D eigenvalue weighted by Gasteiger charge is 2.39. The molecule has 1 unspecified atom stereocenters. The predicted octanol–water partition coefficient (Wildman–Crippen LogP) is 4.91. The Labute approximate surface area is 167 Å². The van der Waals surface area contributed by atoms with E-state index < -0.39 is 6.23 Å². The number of anilines is 1. The van der Waals surface area contributed by atoms with Gasteiger partial charge in [-0.15, -0.1) is 0 Å². The largest absolute Gasteiger partial charge is 0.495 e. The lowest BCUT2D eigenvalue weighted by Crippen LogP contribution is -2.28. The number of fused-ring (bicyclic) bond motifs is 2. The third-order valence-corrected chi connectivity index (χ3v) is 6.04. The smallest absolute Gasteiger partial charge is 0.261 e. The number of hydrogen-bond donors (Lipinski definition) is 1. The van der Waals surface area contributed by atoms with Gasteiger partial charge in [0.05, 0.1) is 12.8 Å². The molecule has 1 aliphatic heterocycles. The Morgan fingerprint density at radius 1 is 1.04 bits per heavy atom. The van der Waals surface area contributed by atoms with Gasteiger partial charge in [0, 0.05) is 11.1 Å². The monoisotopic (exact) mass is 379 g/mol. The van der Waals surface area contributed by atoms with Crippen molar-refractivity contribution in [3.05, 3.63) is 58.1 Å². The normalized spacial score (nSPS) is 19.2. The first-order valence-corrected chi connectivity index (χ1v) is 10.2. The van der Waals surface area contributed by atoms with Gasteiger partial charge in [0.1, 0.15) is 5.75 Å². The Kier molecular flexibility index (Phi) is 4.70. The Morgan fingerprint density at radius 3 is 2.36 bits per heavy atom. The van der Waals surface area contributed by atoms with E-state index in [9.17, 15) is 9.90 Å². The molecule has 1 N–H and O–H groups in total. The summed E-state index contributed by atoms with van der Waals surface area (Å²) in [7, 11) is 1.62. The highest BCUT2D eigenvalue weighted by atomic mass is 16.5. The number of rotatable bonds is 2. The maximum absolute atomic E-state index is 13.2. The van der Waals surface area contributed by atoms with E-state index in [-0.39, 0.29) is 11.3 Å². The number of aliphatic hydroxyl groups is 1. The summed E-state index contributed by atoms with van der Waals surface area (Å²) in [4.78, 5) is 14.7. The lowest BCUT2D eigenvalue weighted by atomic mass is 9.85. The Balaban J connectivity index is 1.79. The van der Waals surface area contributed by atoms with Crippen molar-refractivity contribution in [3.8, 4) is 5.75 Å². The molecule has 2 aliphatic rings. The first kappa shape index (κ1) is 19.0. The van der Waals surface area contributed by atoms with Gasteiger partial charge in [0.2, 0.25) is 0 Å². The molecule has 0 spiro atoms. The number of amides is 1. The van der Waals surface area contributed by atoms with E-state index in [0.717, 1.165) is 24.8 Å². The Bertz CT molecular complexity index is 926. The van der Waals surface area contributed by atoms with Gasteiger partial charge < -0.3 is 9.84 Å². The molecule has 1 atom stereocenters. The second kappa shape index (κ2) is 6.93. The number of ether oxygens (including phenoxy) is 1. The molecule has 0 fully saturated rings. The number of nitrogens with zero attached hydrogens (tertiary/aromatic N) is 1. The Hall–Kier alpha value is -2.33. The molecule has 4 rings (SSSR count). The van der Waals surface area contributed by atoms with Crippen LogP contribution in [0.25, 0.3) is 0 Å². The van der Waals surface area contributed by atoms with Crippen molar-refractivity contribution in [1.82, 2.24) is 0 Å². The van der Waals surface area contributed by atoms with Crippen LogP contribution >= 0.6 is 0 Å². The van der Waals surface area contributed by atoms with E-state index in [1.165, 1.54) is 28.9 Å². The minimum atomic E-state index is -0.998. The fourth-order valence-electron chi connectivity index (χ4n) is 4.34. The molecule has 0 radical (unpaired) electrons. The van der Waals surface area contributed by atoms with Crippen molar-refractivity contribution < 1.29 is 14.6 Å². The van der Waals surface area contributed by atoms with Gasteiger partial charge in [0.15, 0.2) is 6.23 Å². The van der Waals surface area contributed by atoms with Crippen molar-refractivity contribution in [2.75, 3.05) is 12.0 Å². The summed E-state index contributed by atoms with van der Waals surface area (Å²) < 4.78 is 5.63. The average molecular weight is 380 g/mol. The van der Waals surface area contributed by atoms with Crippen molar-refractivity contribution >= 4 is 11.6 Å². The summed E-state index contributed by atoms with van der Waals surface area (Å²) in [5.74, 6) is 0.478. The third kappa shape index (κ3) is 3.10. The molecule has 0 saturated heterocycles. The van der Waals surface area contributed by atoms with Gasteiger partial charge >= 0.3 is 0 Å². The Morgan fingerprint density at radius 2 is 1.71 bits per heavy atom. The van der Waals surface area contributed by atoms with Crippen LogP contribution in [0.15, 0.2) is 30.3 Å². The van der Waals surface area contributed by atoms with Crippen LogP contribution in [-0.4, -0.2) is 18.1 Å². The van der Waals surface area contributed by atoms with Crippen molar-refractivity contribution in [1.29, 1.82) is 0 Å². The maximum Gasteiger partial charge on any atom is 0.261 e. The van der Waals surface area contributed by atoms with Gasteiger partial charge in [-0.3, -0.25) is 9.69 Å². The molecule has 0 aromatic heterocycles. The third-order valence-electron chi connectivity index (χ3n) is 6.04. The van der Waals surface area contributed by atoms with E-state index >= 15 is 0 Å². The van der Waals surface area contributed by atoms with Crippen molar-refractivity contribution in [2.24, 2.45) is 0 Å². The topological polar surface area (TPSA) is 49.8 Å². The van der Waals surface area contributed by atoms with Crippen molar-refractivity contribution in [2.45, 2.75) is 64.5 Å². The second-order valence-corrected chi connectivity index (χ2v) is 8.95. The molecule has 4 heteroatoms. The van der Waals surface area contributed by atoms with Gasteiger partial charge in [-0.05, 0) is 72.1 Å². The minimum Gasteiger partial charge on any atom is -0.495 e. The molecule has 148 valence electrons. The van der Waals surface area contributed by atoms with Crippen LogP contribution in [0.5, 0.6) is 5.75 Å². The minimum absolute atomic E-state index is 0.0486. The van der Waals surface area contributed by atoms with E-state index in [1.807, 2.05) is 18.2 Å². The quantitative estimate of drug-likeness (QED) is 0.754. The fraction of sp³-hybridized carbons (Fsp3) is 0.458. The molecular weight excluding hydrogens is 350 g/mol. The molecule has 4 nitrogen and oxygen atoms in total. The standard InChI is InChI=1S/C24H29NO3/c1-24(2,3)17-10-11-18-19(14-17)23(27)25(22(18)26)20-12-15-8-6-5-7-9-16(15)13-21(20)28-4/h10-14,23,27H,5-9H2,1-4H3. The van der Waals surface area contributed by atoms with E-state index in [4.69, 9.17) is 4.74 Å². The molecule has 2 aromatic carbocycles.